The summed E-state index contributed by atoms with van der Waals surface area (Å²) in [4.78, 5) is 4.84. The number of aliphatic hydroxyl groups is 1. The molecule has 2 aromatic carbocycles. The van der Waals surface area contributed by atoms with Crippen molar-refractivity contribution in [3.05, 3.63) is 71.3 Å². The predicted molar refractivity (Wildman–Crippen MR) is 88.2 cm³/mol. The second-order valence-electron chi connectivity index (χ2n) is 5.76. The summed E-state index contributed by atoms with van der Waals surface area (Å²) in [5, 5.41) is 9.99. The lowest BCUT2D eigenvalue weighted by atomic mass is 9.75. The van der Waals surface area contributed by atoms with E-state index in [1.165, 1.54) is 0 Å². The molecule has 114 valence electrons. The smallest absolute Gasteiger partial charge is 0.197 e. The summed E-state index contributed by atoms with van der Waals surface area (Å²) in [6, 6.07) is 18.3. The minimum Gasteiger partial charge on any atom is -0.481 e. The minimum absolute atomic E-state index is 0.0235. The zero-order valence-electron chi connectivity index (χ0n) is 13.0. The topological polar surface area (TPSA) is 41.8 Å². The second kappa shape index (κ2) is 5.93. The number of nitrogens with zero attached hydrogens (tertiary/aromatic N) is 1. The summed E-state index contributed by atoms with van der Waals surface area (Å²) in [6.45, 7) is 4.45. The first-order valence-electron chi connectivity index (χ1n) is 7.67. The molecule has 1 heterocycles. The van der Waals surface area contributed by atoms with Crippen LogP contribution >= 0.6 is 0 Å². The van der Waals surface area contributed by atoms with Gasteiger partial charge in [0.25, 0.3) is 0 Å². The van der Waals surface area contributed by atoms with E-state index in [2.05, 4.69) is 24.3 Å². The average Bonchev–Trinajstić information content (AvgIpc) is 2.58. The second-order valence-corrected chi connectivity index (χ2v) is 5.76. The van der Waals surface area contributed by atoms with Gasteiger partial charge in [0, 0.05) is 0 Å². The molecule has 1 aliphatic heterocycles. The highest BCUT2D eigenvalue weighted by molar-refractivity contribution is 5.90. The van der Waals surface area contributed by atoms with Crippen molar-refractivity contribution in [2.24, 2.45) is 4.99 Å². The first-order valence-corrected chi connectivity index (χ1v) is 7.67. The standard InChI is InChI=1S/C19H21NO2/c1-3-22-18-19(2,13-21)16-12-8-7-11-15(16)17(20-18)14-9-5-4-6-10-14/h4-12,17,21H,3,13H2,1-2H3. The molecule has 0 amide bonds. The van der Waals surface area contributed by atoms with Crippen LogP contribution in [-0.4, -0.2) is 24.2 Å². The van der Waals surface area contributed by atoms with Gasteiger partial charge in [0.2, 0.25) is 0 Å². The molecular weight excluding hydrogens is 274 g/mol. The van der Waals surface area contributed by atoms with E-state index in [9.17, 15) is 5.11 Å². The van der Waals surface area contributed by atoms with Gasteiger partial charge in [-0.05, 0) is 30.5 Å². The number of rotatable bonds is 3. The molecule has 1 N–H and O–H groups in total. The minimum atomic E-state index is -0.585. The number of aliphatic hydroxyl groups excluding tert-OH is 1. The molecule has 3 heteroatoms. The Hall–Kier alpha value is -2.13. The fourth-order valence-electron chi connectivity index (χ4n) is 3.06. The highest BCUT2D eigenvalue weighted by atomic mass is 16.5. The van der Waals surface area contributed by atoms with Gasteiger partial charge in [-0.2, -0.15) is 0 Å². The van der Waals surface area contributed by atoms with Crippen LogP contribution in [0.3, 0.4) is 0 Å². The molecule has 2 aromatic rings. The summed E-state index contributed by atoms with van der Waals surface area (Å²) < 4.78 is 5.79. The predicted octanol–water partition coefficient (Wildman–Crippen LogP) is 3.47. The Kier molecular flexibility index (Phi) is 3.99. The van der Waals surface area contributed by atoms with E-state index in [0.29, 0.717) is 12.5 Å². The molecule has 3 rings (SSSR count). The van der Waals surface area contributed by atoms with Gasteiger partial charge < -0.3 is 9.84 Å². The van der Waals surface area contributed by atoms with Crippen molar-refractivity contribution in [3.63, 3.8) is 0 Å². The number of hydrogen-bond donors (Lipinski definition) is 1. The summed E-state index contributed by atoms with van der Waals surface area (Å²) in [7, 11) is 0. The maximum Gasteiger partial charge on any atom is 0.197 e. The Morgan fingerprint density at radius 1 is 1.09 bits per heavy atom. The molecule has 0 fully saturated rings. The van der Waals surface area contributed by atoms with Crippen molar-refractivity contribution < 1.29 is 9.84 Å². The van der Waals surface area contributed by atoms with E-state index in [1.54, 1.807) is 0 Å². The van der Waals surface area contributed by atoms with E-state index in [-0.39, 0.29) is 12.6 Å². The lowest BCUT2D eigenvalue weighted by Gasteiger charge is -2.37. The SMILES string of the molecule is CCOC1=NC(c2ccccc2)c2ccccc2C1(C)CO. The molecule has 0 aromatic heterocycles. The normalized spacial score (nSPS) is 23.6. The van der Waals surface area contributed by atoms with Crippen LogP contribution < -0.4 is 0 Å². The highest BCUT2D eigenvalue weighted by Crippen LogP contribution is 2.41. The lowest BCUT2D eigenvalue weighted by Crippen LogP contribution is -2.42. The molecule has 22 heavy (non-hydrogen) atoms. The molecule has 0 spiro atoms. The van der Waals surface area contributed by atoms with Crippen LogP contribution in [0.25, 0.3) is 0 Å². The van der Waals surface area contributed by atoms with Crippen molar-refractivity contribution in [2.45, 2.75) is 25.3 Å². The third kappa shape index (κ3) is 2.32. The van der Waals surface area contributed by atoms with Crippen LogP contribution in [0.15, 0.2) is 59.6 Å². The van der Waals surface area contributed by atoms with E-state index in [1.807, 2.05) is 44.2 Å². The maximum absolute atomic E-state index is 9.99. The monoisotopic (exact) mass is 295 g/mol. The number of ether oxygens (including phenoxy) is 1. The van der Waals surface area contributed by atoms with Crippen LogP contribution in [0.1, 0.15) is 36.6 Å². The molecule has 1 aliphatic rings. The third-order valence-electron chi connectivity index (χ3n) is 4.28. The van der Waals surface area contributed by atoms with Crippen LogP contribution in [-0.2, 0) is 10.2 Å². The number of fused-ring (bicyclic) bond motifs is 1. The van der Waals surface area contributed by atoms with E-state index in [0.717, 1.165) is 16.7 Å². The zero-order valence-corrected chi connectivity index (χ0v) is 13.0. The Labute approximate surface area is 131 Å². The summed E-state index contributed by atoms with van der Waals surface area (Å²) in [6.07, 6.45) is 0. The largest absolute Gasteiger partial charge is 0.481 e. The Bertz CT molecular complexity index is 681. The molecule has 3 nitrogen and oxygen atoms in total. The van der Waals surface area contributed by atoms with Crippen LogP contribution in [0.4, 0.5) is 0 Å². The summed E-state index contributed by atoms with van der Waals surface area (Å²) in [5.74, 6) is 0.616. The molecule has 0 aliphatic carbocycles. The number of hydrogen-bond acceptors (Lipinski definition) is 3. The van der Waals surface area contributed by atoms with Gasteiger partial charge in [0.15, 0.2) is 5.90 Å². The van der Waals surface area contributed by atoms with E-state index in [4.69, 9.17) is 9.73 Å². The average molecular weight is 295 g/mol. The van der Waals surface area contributed by atoms with Crippen molar-refractivity contribution >= 4 is 5.90 Å². The first-order chi connectivity index (χ1) is 10.7. The van der Waals surface area contributed by atoms with Crippen LogP contribution in [0.5, 0.6) is 0 Å². The van der Waals surface area contributed by atoms with Gasteiger partial charge >= 0.3 is 0 Å². The van der Waals surface area contributed by atoms with Crippen molar-refractivity contribution in [1.29, 1.82) is 0 Å². The van der Waals surface area contributed by atoms with E-state index >= 15 is 0 Å². The summed E-state index contributed by atoms with van der Waals surface area (Å²) >= 11 is 0. The zero-order chi connectivity index (χ0) is 15.6. The molecular formula is C19H21NO2. The van der Waals surface area contributed by atoms with Crippen molar-refractivity contribution in [3.8, 4) is 0 Å². The number of aliphatic imine (C=N–C) groups is 1. The quantitative estimate of drug-likeness (QED) is 0.942. The third-order valence-corrected chi connectivity index (χ3v) is 4.28. The van der Waals surface area contributed by atoms with Gasteiger partial charge in [-0.15, -0.1) is 0 Å². The molecule has 2 atom stereocenters. The Morgan fingerprint density at radius 3 is 2.45 bits per heavy atom. The molecule has 2 unspecified atom stereocenters. The highest BCUT2D eigenvalue weighted by Gasteiger charge is 2.41. The van der Waals surface area contributed by atoms with Crippen molar-refractivity contribution in [1.82, 2.24) is 0 Å². The lowest BCUT2D eigenvalue weighted by molar-refractivity contribution is 0.205. The fourth-order valence-corrected chi connectivity index (χ4v) is 3.06. The van der Waals surface area contributed by atoms with Gasteiger partial charge in [-0.3, -0.25) is 0 Å². The van der Waals surface area contributed by atoms with Gasteiger partial charge in [0.05, 0.1) is 18.6 Å². The summed E-state index contributed by atoms with van der Waals surface area (Å²) in [5.41, 5.74) is 2.77. The van der Waals surface area contributed by atoms with Crippen LogP contribution in [0, 0.1) is 0 Å². The van der Waals surface area contributed by atoms with Gasteiger partial charge in [0.1, 0.15) is 6.04 Å². The number of benzene rings is 2. The maximum atomic E-state index is 9.99. The van der Waals surface area contributed by atoms with Crippen LogP contribution in [0.2, 0.25) is 0 Å². The molecule has 0 saturated heterocycles. The molecule has 0 radical (unpaired) electrons. The van der Waals surface area contributed by atoms with Crippen molar-refractivity contribution in [2.75, 3.05) is 13.2 Å². The Balaban J connectivity index is 2.19. The van der Waals surface area contributed by atoms with Gasteiger partial charge in [-0.1, -0.05) is 54.6 Å². The van der Waals surface area contributed by atoms with E-state index < -0.39 is 5.41 Å². The molecule has 0 saturated carbocycles. The first kappa shape index (κ1) is 14.8. The fraction of sp³-hybridized carbons (Fsp3) is 0.316. The van der Waals surface area contributed by atoms with Gasteiger partial charge in [-0.25, -0.2) is 4.99 Å². The Morgan fingerprint density at radius 2 is 1.77 bits per heavy atom. The molecule has 0 bridgehead atoms.